The lowest BCUT2D eigenvalue weighted by molar-refractivity contribution is 0.181. The minimum Gasteiger partial charge on any atom is -0.378 e. The SMILES string of the molecule is CCC(CC)(c1ccccc1)c1nc(COC)c(CN)s1. The number of hydrogen-bond acceptors (Lipinski definition) is 4. The first-order chi connectivity index (χ1) is 10.2. The Hall–Kier alpha value is -1.23. The zero-order valence-corrected chi connectivity index (χ0v) is 13.9. The molecule has 1 heterocycles. The molecule has 0 atom stereocenters. The lowest BCUT2D eigenvalue weighted by Gasteiger charge is -2.30. The molecule has 1 aromatic carbocycles. The molecule has 2 aromatic rings. The van der Waals surface area contributed by atoms with Crippen LogP contribution in [0.2, 0.25) is 0 Å². The van der Waals surface area contributed by atoms with Gasteiger partial charge in [0.15, 0.2) is 0 Å². The zero-order valence-electron chi connectivity index (χ0n) is 13.1. The van der Waals surface area contributed by atoms with Crippen LogP contribution in [0.4, 0.5) is 0 Å². The fourth-order valence-electron chi connectivity index (χ4n) is 2.84. The number of ether oxygens (including phenoxy) is 1. The van der Waals surface area contributed by atoms with Gasteiger partial charge in [-0.25, -0.2) is 4.98 Å². The van der Waals surface area contributed by atoms with E-state index in [-0.39, 0.29) is 5.41 Å². The first-order valence-electron chi connectivity index (χ1n) is 7.45. The van der Waals surface area contributed by atoms with Crippen molar-refractivity contribution in [3.8, 4) is 0 Å². The summed E-state index contributed by atoms with van der Waals surface area (Å²) in [4.78, 5) is 6.01. The highest BCUT2D eigenvalue weighted by Gasteiger charge is 2.34. The summed E-state index contributed by atoms with van der Waals surface area (Å²) in [6, 6.07) is 10.7. The average molecular weight is 304 g/mol. The van der Waals surface area contributed by atoms with E-state index >= 15 is 0 Å². The monoisotopic (exact) mass is 304 g/mol. The van der Waals surface area contributed by atoms with E-state index in [9.17, 15) is 0 Å². The second-order valence-electron chi connectivity index (χ2n) is 5.18. The van der Waals surface area contributed by atoms with Gasteiger partial charge in [0.05, 0.1) is 12.3 Å². The third kappa shape index (κ3) is 3.03. The maximum atomic E-state index is 5.87. The maximum absolute atomic E-state index is 5.87. The van der Waals surface area contributed by atoms with Gasteiger partial charge in [-0.2, -0.15) is 0 Å². The van der Waals surface area contributed by atoms with Crippen LogP contribution in [0.1, 0.15) is 47.8 Å². The Morgan fingerprint density at radius 3 is 2.38 bits per heavy atom. The fraction of sp³-hybridized carbons (Fsp3) is 0.471. The lowest BCUT2D eigenvalue weighted by atomic mass is 9.76. The lowest BCUT2D eigenvalue weighted by Crippen LogP contribution is -2.25. The van der Waals surface area contributed by atoms with Gasteiger partial charge in [-0.1, -0.05) is 44.2 Å². The van der Waals surface area contributed by atoms with Gasteiger partial charge in [-0.15, -0.1) is 11.3 Å². The van der Waals surface area contributed by atoms with Gasteiger partial charge in [-0.3, -0.25) is 0 Å². The minimum absolute atomic E-state index is 0.0260. The van der Waals surface area contributed by atoms with Gasteiger partial charge in [0.2, 0.25) is 0 Å². The van der Waals surface area contributed by atoms with Gasteiger partial charge in [0.1, 0.15) is 5.01 Å². The van der Waals surface area contributed by atoms with Crippen LogP contribution in [-0.2, 0) is 23.3 Å². The highest BCUT2D eigenvalue weighted by atomic mass is 32.1. The topological polar surface area (TPSA) is 48.1 Å². The van der Waals surface area contributed by atoms with E-state index in [1.165, 1.54) is 5.56 Å². The maximum Gasteiger partial charge on any atom is 0.104 e. The number of hydrogen-bond donors (Lipinski definition) is 1. The molecule has 3 nitrogen and oxygen atoms in total. The fourth-order valence-corrected chi connectivity index (χ4v) is 4.14. The second kappa shape index (κ2) is 7.16. The van der Waals surface area contributed by atoms with Crippen molar-refractivity contribution in [2.45, 2.75) is 45.3 Å². The number of nitrogens with two attached hydrogens (primary N) is 1. The Balaban J connectivity index is 2.53. The van der Waals surface area contributed by atoms with Gasteiger partial charge in [0.25, 0.3) is 0 Å². The van der Waals surface area contributed by atoms with Crippen LogP contribution >= 0.6 is 11.3 Å². The van der Waals surface area contributed by atoms with Crippen LogP contribution in [0.25, 0.3) is 0 Å². The molecule has 2 N–H and O–H groups in total. The predicted molar refractivity (Wildman–Crippen MR) is 88.5 cm³/mol. The van der Waals surface area contributed by atoms with Crippen molar-refractivity contribution in [2.75, 3.05) is 7.11 Å². The minimum atomic E-state index is -0.0260. The van der Waals surface area contributed by atoms with Crippen LogP contribution in [-0.4, -0.2) is 12.1 Å². The average Bonchev–Trinajstić information content (AvgIpc) is 2.94. The van der Waals surface area contributed by atoms with Crippen molar-refractivity contribution >= 4 is 11.3 Å². The first-order valence-corrected chi connectivity index (χ1v) is 8.27. The number of methoxy groups -OCH3 is 1. The summed E-state index contributed by atoms with van der Waals surface area (Å²) < 4.78 is 5.26. The van der Waals surface area contributed by atoms with Crippen LogP contribution in [0.3, 0.4) is 0 Å². The van der Waals surface area contributed by atoms with E-state index in [4.69, 9.17) is 15.5 Å². The molecule has 0 fully saturated rings. The van der Waals surface area contributed by atoms with E-state index < -0.39 is 0 Å². The van der Waals surface area contributed by atoms with E-state index in [1.807, 2.05) is 0 Å². The van der Waals surface area contributed by atoms with E-state index in [0.717, 1.165) is 28.4 Å². The van der Waals surface area contributed by atoms with Crippen LogP contribution in [0.15, 0.2) is 30.3 Å². The normalized spacial score (nSPS) is 11.8. The Kier molecular flexibility index (Phi) is 5.51. The molecule has 0 saturated heterocycles. The molecule has 0 saturated carbocycles. The highest BCUT2D eigenvalue weighted by Crippen LogP contribution is 2.41. The molecular weight excluding hydrogens is 280 g/mol. The molecular formula is C17H24N2OS. The molecule has 21 heavy (non-hydrogen) atoms. The molecule has 114 valence electrons. The molecule has 0 unspecified atom stereocenters. The second-order valence-corrected chi connectivity index (χ2v) is 6.26. The van der Waals surface area contributed by atoms with Crippen LogP contribution < -0.4 is 5.73 Å². The van der Waals surface area contributed by atoms with Crippen LogP contribution in [0, 0.1) is 0 Å². The third-order valence-corrected chi connectivity index (χ3v) is 5.51. The largest absolute Gasteiger partial charge is 0.378 e. The van der Waals surface area contributed by atoms with Crippen molar-refractivity contribution in [3.63, 3.8) is 0 Å². The quantitative estimate of drug-likeness (QED) is 0.845. The molecule has 0 aliphatic heterocycles. The number of rotatable bonds is 7. The number of nitrogens with zero attached hydrogens (tertiary/aromatic N) is 1. The highest BCUT2D eigenvalue weighted by molar-refractivity contribution is 7.12. The summed E-state index contributed by atoms with van der Waals surface area (Å²) in [6.07, 6.45) is 2.05. The molecule has 1 aromatic heterocycles. The summed E-state index contributed by atoms with van der Waals surface area (Å²) in [7, 11) is 1.70. The number of thiazole rings is 1. The smallest absolute Gasteiger partial charge is 0.104 e. The van der Waals surface area contributed by atoms with Crippen molar-refractivity contribution in [1.29, 1.82) is 0 Å². The van der Waals surface area contributed by atoms with Crippen LogP contribution in [0.5, 0.6) is 0 Å². The molecule has 0 aliphatic carbocycles. The number of benzene rings is 1. The van der Waals surface area contributed by atoms with E-state index in [1.54, 1.807) is 18.4 Å². The number of aromatic nitrogens is 1. The van der Waals surface area contributed by atoms with E-state index in [2.05, 4.69) is 44.2 Å². The van der Waals surface area contributed by atoms with E-state index in [0.29, 0.717) is 13.2 Å². The molecule has 0 bridgehead atoms. The van der Waals surface area contributed by atoms with Crippen molar-refractivity contribution < 1.29 is 4.74 Å². The van der Waals surface area contributed by atoms with Crippen molar-refractivity contribution in [3.05, 3.63) is 51.5 Å². The Morgan fingerprint density at radius 1 is 1.19 bits per heavy atom. The Morgan fingerprint density at radius 2 is 1.86 bits per heavy atom. The zero-order chi connectivity index (χ0) is 15.3. The third-order valence-electron chi connectivity index (χ3n) is 4.19. The predicted octanol–water partition coefficient (Wildman–Crippen LogP) is 3.85. The molecule has 0 spiro atoms. The van der Waals surface area contributed by atoms with Gasteiger partial charge in [0, 0.05) is 23.9 Å². The molecule has 0 radical (unpaired) electrons. The molecule has 0 aliphatic rings. The van der Waals surface area contributed by atoms with Crippen molar-refractivity contribution in [1.82, 2.24) is 4.98 Å². The standard InChI is InChI=1S/C17H24N2OS/c1-4-17(5-2,13-9-7-6-8-10-13)16-19-14(12-20-3)15(11-18)21-16/h6-10H,4-5,11-12,18H2,1-3H3. The van der Waals surface area contributed by atoms with Gasteiger partial charge >= 0.3 is 0 Å². The Bertz CT molecular complexity index is 561. The Labute approximate surface area is 131 Å². The summed E-state index contributed by atoms with van der Waals surface area (Å²) in [6.45, 7) is 5.52. The summed E-state index contributed by atoms with van der Waals surface area (Å²) in [5, 5.41) is 1.16. The van der Waals surface area contributed by atoms with Gasteiger partial charge in [-0.05, 0) is 18.4 Å². The molecule has 0 amide bonds. The molecule has 4 heteroatoms. The first kappa shape index (κ1) is 16.1. The summed E-state index contributed by atoms with van der Waals surface area (Å²) >= 11 is 1.73. The van der Waals surface area contributed by atoms with Gasteiger partial charge < -0.3 is 10.5 Å². The molecule has 2 rings (SSSR count). The summed E-state index contributed by atoms with van der Waals surface area (Å²) in [5.41, 5.74) is 8.17. The van der Waals surface area contributed by atoms with Crippen molar-refractivity contribution in [2.24, 2.45) is 5.73 Å². The summed E-state index contributed by atoms with van der Waals surface area (Å²) in [5.74, 6) is 0.